The first kappa shape index (κ1) is 21.0. The summed E-state index contributed by atoms with van der Waals surface area (Å²) in [4.78, 5) is 38.7. The van der Waals surface area contributed by atoms with Gasteiger partial charge in [0, 0.05) is 43.9 Å². The van der Waals surface area contributed by atoms with Crippen LogP contribution in [0.15, 0.2) is 79.5 Å². The summed E-state index contributed by atoms with van der Waals surface area (Å²) in [5.41, 5.74) is 2.93. The lowest BCUT2D eigenvalue weighted by Gasteiger charge is -2.08. The van der Waals surface area contributed by atoms with Crippen molar-refractivity contribution in [3.63, 3.8) is 0 Å². The summed E-state index contributed by atoms with van der Waals surface area (Å²) >= 11 is 0. The molecule has 4 heterocycles. The van der Waals surface area contributed by atoms with Crippen LogP contribution in [0.1, 0.15) is 26.4 Å². The van der Waals surface area contributed by atoms with Gasteiger partial charge in [0.05, 0.1) is 17.5 Å². The minimum atomic E-state index is -0.499. The summed E-state index contributed by atoms with van der Waals surface area (Å²) < 4.78 is 3.14. The number of nitrogens with zero attached hydrogens (tertiary/aromatic N) is 6. The minimum Gasteiger partial charge on any atom is -0.348 e. The topological polar surface area (TPSA) is 119 Å². The largest absolute Gasteiger partial charge is 0.348 e. The molecule has 0 atom stereocenters. The molecule has 10 heteroatoms. The molecule has 2 amide bonds. The number of nitrogens with one attached hydrogen (secondary N) is 2. The number of imidazole rings is 1. The Morgan fingerprint density at radius 1 is 0.971 bits per heavy atom. The molecule has 0 radical (unpaired) electrons. The van der Waals surface area contributed by atoms with Gasteiger partial charge < -0.3 is 10.6 Å². The van der Waals surface area contributed by atoms with Gasteiger partial charge in [-0.25, -0.2) is 4.98 Å². The second kappa shape index (κ2) is 8.94. The van der Waals surface area contributed by atoms with Crippen molar-refractivity contribution in [3.8, 4) is 11.3 Å². The Kier molecular flexibility index (Phi) is 5.53. The number of amides is 2. The zero-order valence-corrected chi connectivity index (χ0v) is 18.2. The van der Waals surface area contributed by atoms with Crippen molar-refractivity contribution in [2.45, 2.75) is 6.54 Å². The van der Waals surface area contributed by atoms with Crippen molar-refractivity contribution >= 4 is 23.4 Å². The van der Waals surface area contributed by atoms with Gasteiger partial charge in [0.1, 0.15) is 11.5 Å². The molecule has 0 aliphatic heterocycles. The van der Waals surface area contributed by atoms with Crippen LogP contribution >= 0.6 is 0 Å². The van der Waals surface area contributed by atoms with Crippen LogP contribution in [0.25, 0.3) is 17.0 Å². The number of fused-ring (bicyclic) bond motifs is 1. The van der Waals surface area contributed by atoms with E-state index in [0.717, 1.165) is 16.8 Å². The van der Waals surface area contributed by atoms with Gasteiger partial charge in [-0.3, -0.25) is 23.7 Å². The first-order chi connectivity index (χ1) is 16.6. The number of carbonyl (C=O) groups is 2. The molecular weight excluding hydrogens is 432 g/mol. The van der Waals surface area contributed by atoms with E-state index in [1.807, 2.05) is 36.5 Å². The molecule has 4 aromatic heterocycles. The van der Waals surface area contributed by atoms with Crippen molar-refractivity contribution < 1.29 is 9.59 Å². The molecule has 0 aliphatic carbocycles. The molecule has 1 aromatic carbocycles. The second-order valence-corrected chi connectivity index (χ2v) is 7.53. The van der Waals surface area contributed by atoms with Crippen LogP contribution in [-0.2, 0) is 13.6 Å². The van der Waals surface area contributed by atoms with Gasteiger partial charge in [0.15, 0.2) is 0 Å². The highest BCUT2D eigenvalue weighted by atomic mass is 16.2. The van der Waals surface area contributed by atoms with E-state index in [0.29, 0.717) is 18.1 Å². The maximum absolute atomic E-state index is 13.0. The predicted octanol–water partition coefficient (Wildman–Crippen LogP) is 2.71. The van der Waals surface area contributed by atoms with Crippen molar-refractivity contribution in [1.29, 1.82) is 0 Å². The molecule has 0 bridgehead atoms. The molecule has 0 saturated heterocycles. The third-order valence-corrected chi connectivity index (χ3v) is 5.24. The van der Waals surface area contributed by atoms with E-state index in [2.05, 4.69) is 30.7 Å². The summed E-state index contributed by atoms with van der Waals surface area (Å²) in [6.45, 7) is 0.305. The maximum Gasteiger partial charge on any atom is 0.275 e. The highest BCUT2D eigenvalue weighted by Gasteiger charge is 2.22. The van der Waals surface area contributed by atoms with Crippen LogP contribution in [0.2, 0.25) is 0 Å². The van der Waals surface area contributed by atoms with Crippen LogP contribution in [-0.4, -0.2) is 40.9 Å². The highest BCUT2D eigenvalue weighted by molar-refractivity contribution is 6.10. The zero-order chi connectivity index (χ0) is 23.5. The van der Waals surface area contributed by atoms with Crippen molar-refractivity contribution in [3.05, 3.63) is 96.3 Å². The molecule has 5 rings (SSSR count). The lowest BCUT2D eigenvalue weighted by molar-refractivity contribution is 0.0936. The van der Waals surface area contributed by atoms with Gasteiger partial charge in [0.2, 0.25) is 5.78 Å². The molecule has 0 unspecified atom stereocenters. The average Bonchev–Trinajstić information content (AvgIpc) is 3.47. The number of hydrogen-bond acceptors (Lipinski definition) is 6. The molecule has 10 nitrogen and oxygen atoms in total. The zero-order valence-electron chi connectivity index (χ0n) is 18.2. The number of pyridine rings is 1. The van der Waals surface area contributed by atoms with E-state index in [1.54, 1.807) is 48.2 Å². The molecule has 0 aliphatic rings. The summed E-state index contributed by atoms with van der Waals surface area (Å²) in [5.74, 6) is -0.149. The standard InChI is InChI=1S/C24H20N8O2/c1-31-21(18(14-27-31)22(33)26-13-16-7-10-25-11-8-16)23(34)29-20-9-12-32-15-19(28-24(32)30-20)17-5-3-2-4-6-17/h2-12,14-15H,13H2,1H3,(H,26,33)(H,28,29,30,34). The van der Waals surface area contributed by atoms with E-state index in [9.17, 15) is 9.59 Å². The van der Waals surface area contributed by atoms with Crippen LogP contribution in [0.3, 0.4) is 0 Å². The van der Waals surface area contributed by atoms with E-state index in [4.69, 9.17) is 0 Å². The number of hydrogen-bond donors (Lipinski definition) is 2. The summed E-state index contributed by atoms with van der Waals surface area (Å²) in [6, 6.07) is 15.0. The normalized spacial score (nSPS) is 10.9. The highest BCUT2D eigenvalue weighted by Crippen LogP contribution is 2.19. The lowest BCUT2D eigenvalue weighted by Crippen LogP contribution is -2.27. The Labute approximate surface area is 194 Å². The van der Waals surface area contributed by atoms with Gasteiger partial charge in [-0.15, -0.1) is 0 Å². The Balaban J connectivity index is 1.34. The van der Waals surface area contributed by atoms with Gasteiger partial charge in [-0.2, -0.15) is 10.1 Å². The van der Waals surface area contributed by atoms with Crippen LogP contribution in [0.5, 0.6) is 0 Å². The second-order valence-electron chi connectivity index (χ2n) is 7.53. The summed E-state index contributed by atoms with van der Waals surface area (Å²) in [7, 11) is 1.60. The molecule has 34 heavy (non-hydrogen) atoms. The fourth-order valence-electron chi connectivity index (χ4n) is 3.52. The van der Waals surface area contributed by atoms with E-state index >= 15 is 0 Å². The van der Waals surface area contributed by atoms with E-state index in [1.165, 1.54) is 10.9 Å². The van der Waals surface area contributed by atoms with Gasteiger partial charge >= 0.3 is 0 Å². The Morgan fingerprint density at radius 2 is 1.76 bits per heavy atom. The molecule has 0 spiro atoms. The summed E-state index contributed by atoms with van der Waals surface area (Å²) in [5, 5.41) is 9.63. The number of carbonyl (C=O) groups excluding carboxylic acids is 2. The number of aryl methyl sites for hydroxylation is 1. The molecule has 0 fully saturated rings. The molecule has 168 valence electrons. The van der Waals surface area contributed by atoms with Gasteiger partial charge in [-0.1, -0.05) is 30.3 Å². The van der Waals surface area contributed by atoms with Gasteiger partial charge in [0.25, 0.3) is 11.8 Å². The quantitative estimate of drug-likeness (QED) is 0.409. The fraction of sp³-hybridized carbons (Fsp3) is 0.0833. The fourth-order valence-corrected chi connectivity index (χ4v) is 3.52. The van der Waals surface area contributed by atoms with E-state index < -0.39 is 11.8 Å². The summed E-state index contributed by atoms with van der Waals surface area (Å²) in [6.07, 6.45) is 8.31. The minimum absolute atomic E-state index is 0.127. The van der Waals surface area contributed by atoms with Crippen molar-refractivity contribution in [2.75, 3.05) is 5.32 Å². The van der Waals surface area contributed by atoms with E-state index in [-0.39, 0.29) is 11.3 Å². The first-order valence-electron chi connectivity index (χ1n) is 10.5. The third-order valence-electron chi connectivity index (χ3n) is 5.24. The van der Waals surface area contributed by atoms with Crippen molar-refractivity contribution in [2.24, 2.45) is 7.05 Å². The number of benzene rings is 1. The first-order valence-corrected chi connectivity index (χ1v) is 10.5. The third kappa shape index (κ3) is 4.24. The number of anilines is 1. The Morgan fingerprint density at radius 3 is 2.56 bits per heavy atom. The average molecular weight is 452 g/mol. The lowest BCUT2D eigenvalue weighted by atomic mass is 10.2. The van der Waals surface area contributed by atoms with Gasteiger partial charge in [-0.05, 0) is 23.8 Å². The monoisotopic (exact) mass is 452 g/mol. The Hall–Kier alpha value is -4.86. The number of rotatable bonds is 6. The molecule has 5 aromatic rings. The smallest absolute Gasteiger partial charge is 0.275 e. The maximum atomic E-state index is 13.0. The van der Waals surface area contributed by atoms with Crippen LogP contribution in [0, 0.1) is 0 Å². The predicted molar refractivity (Wildman–Crippen MR) is 125 cm³/mol. The Bertz CT molecular complexity index is 1480. The molecule has 0 saturated carbocycles. The molecular formula is C24H20N8O2. The van der Waals surface area contributed by atoms with Crippen LogP contribution < -0.4 is 10.6 Å². The van der Waals surface area contributed by atoms with Crippen molar-refractivity contribution in [1.82, 2.24) is 34.4 Å². The van der Waals surface area contributed by atoms with Crippen LogP contribution in [0.4, 0.5) is 5.82 Å². The number of aromatic nitrogens is 6. The molecule has 2 N–H and O–H groups in total. The SMILES string of the molecule is Cn1ncc(C(=O)NCc2ccncc2)c1C(=O)Nc1ccn2cc(-c3ccccc3)nc2n1.